The second kappa shape index (κ2) is 5.66. The van der Waals surface area contributed by atoms with Gasteiger partial charge < -0.3 is 9.64 Å². The fourth-order valence-electron chi connectivity index (χ4n) is 3.94. The molecule has 1 aliphatic carbocycles. The summed E-state index contributed by atoms with van der Waals surface area (Å²) < 4.78 is 5.37. The Morgan fingerprint density at radius 1 is 1.25 bits per heavy atom. The lowest BCUT2D eigenvalue weighted by molar-refractivity contribution is 0.116. The number of hydrogen-bond donors (Lipinski definition) is 0. The molecule has 124 valence electrons. The molecule has 3 heteroatoms. The molecule has 1 heterocycles. The summed E-state index contributed by atoms with van der Waals surface area (Å²) in [6, 6.07) is 15.2. The molecule has 2 fully saturated rings. The summed E-state index contributed by atoms with van der Waals surface area (Å²) in [4.78, 5) is 14.1. The van der Waals surface area contributed by atoms with Gasteiger partial charge in [0.25, 0.3) is 0 Å². The van der Waals surface area contributed by atoms with Crippen molar-refractivity contribution in [2.24, 2.45) is 5.92 Å². The van der Waals surface area contributed by atoms with E-state index in [-0.39, 0.29) is 11.5 Å². The van der Waals surface area contributed by atoms with Crippen molar-refractivity contribution in [1.29, 1.82) is 0 Å². The Morgan fingerprint density at radius 2 is 2.04 bits per heavy atom. The third kappa shape index (κ3) is 2.58. The fraction of sp³-hybridized carbons (Fsp3) is 0.381. The van der Waals surface area contributed by atoms with Crippen molar-refractivity contribution in [3.05, 3.63) is 59.7 Å². The standard InChI is InChI=1S/C21H23NO2/c1-15(2)9-10-24-20(23)22-13-19-12-21(19,14-22)18-8-7-16-5-3-4-6-17(16)11-18/h3-9,11,19H,10,12-14H2,1-2H3/t19-,21+/m1/s1. The second-order valence-electron chi connectivity index (χ2n) is 7.36. The molecule has 4 rings (SSSR count). The molecule has 1 amide bonds. The molecular formula is C21H23NO2. The number of amides is 1. The van der Waals surface area contributed by atoms with Crippen LogP contribution in [0, 0.1) is 5.92 Å². The number of likely N-dealkylation sites (tertiary alicyclic amines) is 1. The number of piperidine rings is 1. The minimum atomic E-state index is -0.181. The first-order chi connectivity index (χ1) is 11.6. The third-order valence-corrected chi connectivity index (χ3v) is 5.43. The van der Waals surface area contributed by atoms with Crippen LogP contribution in [0.2, 0.25) is 0 Å². The predicted molar refractivity (Wildman–Crippen MR) is 96.1 cm³/mol. The van der Waals surface area contributed by atoms with E-state index >= 15 is 0 Å². The van der Waals surface area contributed by atoms with E-state index in [9.17, 15) is 4.79 Å². The highest BCUT2D eigenvalue weighted by Gasteiger charge is 2.61. The lowest BCUT2D eigenvalue weighted by Crippen LogP contribution is -2.33. The molecule has 2 aliphatic rings. The number of fused-ring (bicyclic) bond motifs is 2. The van der Waals surface area contributed by atoms with Crippen LogP contribution in [-0.4, -0.2) is 30.7 Å². The van der Waals surface area contributed by atoms with E-state index in [1.807, 2.05) is 24.8 Å². The van der Waals surface area contributed by atoms with Gasteiger partial charge in [0.2, 0.25) is 0 Å². The first-order valence-electron chi connectivity index (χ1n) is 8.63. The average molecular weight is 321 g/mol. The summed E-state index contributed by atoms with van der Waals surface area (Å²) in [7, 11) is 0. The molecule has 1 saturated carbocycles. The molecule has 24 heavy (non-hydrogen) atoms. The first-order valence-corrected chi connectivity index (χ1v) is 8.63. The Balaban J connectivity index is 1.49. The van der Waals surface area contributed by atoms with Crippen LogP contribution in [0.15, 0.2) is 54.1 Å². The summed E-state index contributed by atoms with van der Waals surface area (Å²) in [6.07, 6.45) is 2.94. The highest BCUT2D eigenvalue weighted by atomic mass is 16.6. The Bertz CT molecular complexity index is 821. The molecule has 1 aliphatic heterocycles. The SMILES string of the molecule is CC(C)=CCOC(=O)N1C[C@H]2C[C@@]2(c2ccc3ccccc3c2)C1. The molecule has 3 nitrogen and oxygen atoms in total. The summed E-state index contributed by atoms with van der Waals surface area (Å²) in [5.41, 5.74) is 2.69. The van der Waals surface area contributed by atoms with Crippen LogP contribution in [0.25, 0.3) is 10.8 Å². The number of hydrogen-bond acceptors (Lipinski definition) is 2. The maximum atomic E-state index is 12.3. The summed E-state index contributed by atoms with van der Waals surface area (Å²) in [5.74, 6) is 0.578. The van der Waals surface area contributed by atoms with Crippen molar-refractivity contribution in [2.45, 2.75) is 25.7 Å². The summed E-state index contributed by atoms with van der Waals surface area (Å²) in [6.45, 7) is 5.98. The van der Waals surface area contributed by atoms with Crippen LogP contribution >= 0.6 is 0 Å². The van der Waals surface area contributed by atoms with Gasteiger partial charge in [-0.25, -0.2) is 4.79 Å². The number of allylic oxidation sites excluding steroid dienone is 1. The molecular weight excluding hydrogens is 298 g/mol. The third-order valence-electron chi connectivity index (χ3n) is 5.43. The first kappa shape index (κ1) is 15.3. The molecule has 2 atom stereocenters. The van der Waals surface area contributed by atoms with Crippen LogP contribution in [0.1, 0.15) is 25.8 Å². The van der Waals surface area contributed by atoms with Crippen molar-refractivity contribution < 1.29 is 9.53 Å². The van der Waals surface area contributed by atoms with Gasteiger partial charge >= 0.3 is 6.09 Å². The van der Waals surface area contributed by atoms with Gasteiger partial charge in [0.05, 0.1) is 0 Å². The number of benzene rings is 2. The molecule has 0 N–H and O–H groups in total. The van der Waals surface area contributed by atoms with Crippen molar-refractivity contribution in [3.8, 4) is 0 Å². The van der Waals surface area contributed by atoms with Gasteiger partial charge in [0.1, 0.15) is 6.61 Å². The Morgan fingerprint density at radius 3 is 2.83 bits per heavy atom. The molecule has 0 aromatic heterocycles. The minimum absolute atomic E-state index is 0.152. The summed E-state index contributed by atoms with van der Waals surface area (Å²) >= 11 is 0. The zero-order valence-corrected chi connectivity index (χ0v) is 14.3. The predicted octanol–water partition coefficient (Wildman–Crippen LogP) is 4.52. The number of carbonyl (C=O) groups is 1. The maximum Gasteiger partial charge on any atom is 0.410 e. The monoisotopic (exact) mass is 321 g/mol. The molecule has 2 aromatic rings. The molecule has 1 saturated heterocycles. The Hall–Kier alpha value is -2.29. The van der Waals surface area contributed by atoms with E-state index in [4.69, 9.17) is 4.74 Å². The Kier molecular flexibility index (Phi) is 3.60. The molecule has 0 spiro atoms. The van der Waals surface area contributed by atoms with E-state index in [0.717, 1.165) is 13.1 Å². The Labute approximate surface area is 142 Å². The molecule has 2 aromatic carbocycles. The maximum absolute atomic E-state index is 12.3. The smallest absolute Gasteiger partial charge is 0.410 e. The number of nitrogens with zero attached hydrogens (tertiary/aromatic N) is 1. The second-order valence-corrected chi connectivity index (χ2v) is 7.36. The van der Waals surface area contributed by atoms with E-state index in [1.54, 1.807) is 0 Å². The van der Waals surface area contributed by atoms with Crippen molar-refractivity contribution in [2.75, 3.05) is 19.7 Å². The largest absolute Gasteiger partial charge is 0.445 e. The molecule has 0 bridgehead atoms. The number of rotatable bonds is 3. The van der Waals surface area contributed by atoms with Gasteiger partial charge in [-0.2, -0.15) is 0 Å². The van der Waals surface area contributed by atoms with Gasteiger partial charge in [-0.15, -0.1) is 0 Å². The normalized spacial score (nSPS) is 24.6. The zero-order chi connectivity index (χ0) is 16.7. The van der Waals surface area contributed by atoms with Gasteiger partial charge in [-0.05, 0) is 48.6 Å². The molecule has 0 unspecified atom stereocenters. The van der Waals surface area contributed by atoms with Crippen molar-refractivity contribution in [3.63, 3.8) is 0 Å². The van der Waals surface area contributed by atoms with Gasteiger partial charge in [-0.1, -0.05) is 48.0 Å². The summed E-state index contributed by atoms with van der Waals surface area (Å²) in [5, 5.41) is 2.55. The van der Waals surface area contributed by atoms with Gasteiger partial charge in [-0.3, -0.25) is 0 Å². The van der Waals surface area contributed by atoms with Crippen molar-refractivity contribution >= 4 is 16.9 Å². The fourth-order valence-corrected chi connectivity index (χ4v) is 3.94. The van der Waals surface area contributed by atoms with E-state index < -0.39 is 0 Å². The van der Waals surface area contributed by atoms with Crippen LogP contribution in [0.4, 0.5) is 4.79 Å². The van der Waals surface area contributed by atoms with Crippen LogP contribution < -0.4 is 0 Å². The quantitative estimate of drug-likeness (QED) is 0.778. The van der Waals surface area contributed by atoms with E-state index in [0.29, 0.717) is 12.5 Å². The lowest BCUT2D eigenvalue weighted by atomic mass is 9.93. The lowest BCUT2D eigenvalue weighted by Gasteiger charge is -2.21. The minimum Gasteiger partial charge on any atom is -0.445 e. The van der Waals surface area contributed by atoms with Gasteiger partial charge in [0, 0.05) is 18.5 Å². The van der Waals surface area contributed by atoms with E-state index in [2.05, 4.69) is 42.5 Å². The topological polar surface area (TPSA) is 29.5 Å². The van der Waals surface area contributed by atoms with Crippen LogP contribution in [0.3, 0.4) is 0 Å². The highest BCUT2D eigenvalue weighted by Crippen LogP contribution is 2.59. The highest BCUT2D eigenvalue weighted by molar-refractivity contribution is 5.83. The van der Waals surface area contributed by atoms with Gasteiger partial charge in [0.15, 0.2) is 0 Å². The number of carbonyl (C=O) groups excluding carboxylic acids is 1. The zero-order valence-electron chi connectivity index (χ0n) is 14.3. The van der Waals surface area contributed by atoms with Crippen LogP contribution in [-0.2, 0) is 10.2 Å². The molecule has 0 radical (unpaired) electrons. The van der Waals surface area contributed by atoms with E-state index in [1.165, 1.54) is 28.3 Å². The van der Waals surface area contributed by atoms with Crippen molar-refractivity contribution in [1.82, 2.24) is 4.90 Å². The average Bonchev–Trinajstić information content (AvgIpc) is 3.15. The number of ether oxygens (including phenoxy) is 1. The van der Waals surface area contributed by atoms with Crippen LogP contribution in [0.5, 0.6) is 0 Å².